The molecule has 3 aromatic carbocycles. The standard InChI is InChI=1S/C28H32N2O4S/c1-22-19-26(13-14-27(22)34-2)35(32,33)30(25-11-7-4-8-12-25)21-28(31)29-17-15-24(16-18-29)20-23-9-5-3-6-10-23/h3-14,19,24H,15-18,20-21H2,1-2H3. The molecule has 0 spiro atoms. The monoisotopic (exact) mass is 492 g/mol. The number of piperidine rings is 1. The van der Waals surface area contributed by atoms with Crippen LogP contribution < -0.4 is 9.04 Å². The Hall–Kier alpha value is -3.32. The molecule has 1 fully saturated rings. The molecule has 0 saturated carbocycles. The lowest BCUT2D eigenvalue weighted by atomic mass is 9.90. The van der Waals surface area contributed by atoms with Gasteiger partial charge in [0.1, 0.15) is 12.3 Å². The van der Waals surface area contributed by atoms with Crippen LogP contribution >= 0.6 is 0 Å². The van der Waals surface area contributed by atoms with Gasteiger partial charge in [-0.2, -0.15) is 0 Å². The Morgan fingerprint density at radius 1 is 0.971 bits per heavy atom. The van der Waals surface area contributed by atoms with E-state index in [1.54, 1.807) is 55.3 Å². The van der Waals surface area contributed by atoms with Crippen LogP contribution in [-0.2, 0) is 21.2 Å². The van der Waals surface area contributed by atoms with Gasteiger partial charge in [0, 0.05) is 13.1 Å². The average molecular weight is 493 g/mol. The summed E-state index contributed by atoms with van der Waals surface area (Å²) in [7, 11) is -2.41. The Kier molecular flexibility index (Phi) is 7.76. The number of para-hydroxylation sites is 1. The number of anilines is 1. The van der Waals surface area contributed by atoms with Gasteiger partial charge in [-0.05, 0) is 73.6 Å². The van der Waals surface area contributed by atoms with Gasteiger partial charge < -0.3 is 9.64 Å². The summed E-state index contributed by atoms with van der Waals surface area (Å²) >= 11 is 0. The molecule has 7 heteroatoms. The van der Waals surface area contributed by atoms with Gasteiger partial charge in [-0.1, -0.05) is 48.5 Å². The van der Waals surface area contributed by atoms with Crippen LogP contribution in [-0.4, -0.2) is 46.0 Å². The fourth-order valence-corrected chi connectivity index (χ4v) is 6.10. The van der Waals surface area contributed by atoms with Gasteiger partial charge in [-0.15, -0.1) is 0 Å². The molecular formula is C28H32N2O4S. The highest BCUT2D eigenvalue weighted by atomic mass is 32.2. The Morgan fingerprint density at radius 3 is 2.20 bits per heavy atom. The number of sulfonamides is 1. The van der Waals surface area contributed by atoms with Gasteiger partial charge in [0.25, 0.3) is 10.0 Å². The lowest BCUT2D eigenvalue weighted by Crippen LogP contribution is -2.46. The van der Waals surface area contributed by atoms with Gasteiger partial charge in [0.2, 0.25) is 5.91 Å². The van der Waals surface area contributed by atoms with Gasteiger partial charge in [-0.3, -0.25) is 9.10 Å². The molecule has 0 aromatic heterocycles. The zero-order valence-electron chi connectivity index (χ0n) is 20.3. The largest absolute Gasteiger partial charge is 0.496 e. The van der Waals surface area contributed by atoms with E-state index >= 15 is 0 Å². The van der Waals surface area contributed by atoms with Crippen LogP contribution in [0.15, 0.2) is 83.8 Å². The molecule has 1 aliphatic heterocycles. The zero-order valence-corrected chi connectivity index (χ0v) is 21.1. The molecule has 0 N–H and O–H groups in total. The fraction of sp³-hybridized carbons (Fsp3) is 0.321. The van der Waals surface area contributed by atoms with Crippen molar-refractivity contribution < 1.29 is 17.9 Å². The topological polar surface area (TPSA) is 66.9 Å². The zero-order chi connectivity index (χ0) is 24.8. The second-order valence-corrected chi connectivity index (χ2v) is 10.9. The molecule has 1 saturated heterocycles. The molecule has 184 valence electrons. The van der Waals surface area contributed by atoms with E-state index in [0.29, 0.717) is 36.0 Å². The van der Waals surface area contributed by atoms with Gasteiger partial charge in [0.05, 0.1) is 17.7 Å². The number of rotatable bonds is 8. The number of methoxy groups -OCH3 is 1. The highest BCUT2D eigenvalue weighted by molar-refractivity contribution is 7.92. The summed E-state index contributed by atoms with van der Waals surface area (Å²) in [6.07, 6.45) is 2.83. The van der Waals surface area contributed by atoms with Crippen molar-refractivity contribution in [1.82, 2.24) is 4.90 Å². The van der Waals surface area contributed by atoms with E-state index in [1.807, 2.05) is 12.1 Å². The number of carbonyl (C=O) groups is 1. The van der Waals surface area contributed by atoms with Crippen molar-refractivity contribution in [3.05, 3.63) is 90.0 Å². The minimum Gasteiger partial charge on any atom is -0.496 e. The third-order valence-corrected chi connectivity index (χ3v) is 8.38. The number of ether oxygens (including phenoxy) is 1. The first-order chi connectivity index (χ1) is 16.9. The van der Waals surface area contributed by atoms with Crippen molar-refractivity contribution in [3.63, 3.8) is 0 Å². The maximum Gasteiger partial charge on any atom is 0.264 e. The van der Waals surface area contributed by atoms with Crippen LogP contribution in [0.2, 0.25) is 0 Å². The number of nitrogens with zero attached hydrogens (tertiary/aromatic N) is 2. The summed E-state index contributed by atoms with van der Waals surface area (Å²) < 4.78 is 33.8. The molecule has 6 nitrogen and oxygen atoms in total. The maximum atomic E-state index is 13.7. The van der Waals surface area contributed by atoms with Crippen molar-refractivity contribution in [2.45, 2.75) is 31.1 Å². The van der Waals surface area contributed by atoms with Crippen molar-refractivity contribution in [3.8, 4) is 5.75 Å². The normalized spacial score (nSPS) is 14.5. The first-order valence-corrected chi connectivity index (χ1v) is 13.4. The Balaban J connectivity index is 1.49. The lowest BCUT2D eigenvalue weighted by molar-refractivity contribution is -0.130. The highest BCUT2D eigenvalue weighted by Gasteiger charge is 2.31. The maximum absolute atomic E-state index is 13.7. The van der Waals surface area contributed by atoms with Crippen molar-refractivity contribution in [1.29, 1.82) is 0 Å². The first kappa shape index (κ1) is 24.8. The minimum atomic E-state index is -3.96. The Bertz CT molecular complexity index is 1240. The van der Waals surface area contributed by atoms with Crippen molar-refractivity contribution in [2.24, 2.45) is 5.92 Å². The fourth-order valence-electron chi connectivity index (χ4n) is 4.60. The van der Waals surface area contributed by atoms with E-state index < -0.39 is 10.0 Å². The summed E-state index contributed by atoms with van der Waals surface area (Å²) in [6.45, 7) is 2.84. The lowest BCUT2D eigenvalue weighted by Gasteiger charge is -2.34. The van der Waals surface area contributed by atoms with E-state index in [2.05, 4.69) is 24.3 Å². The summed E-state index contributed by atoms with van der Waals surface area (Å²) in [6, 6.07) is 24.0. The molecule has 0 unspecified atom stereocenters. The molecule has 4 rings (SSSR count). The predicted octanol–water partition coefficient (Wildman–Crippen LogP) is 4.68. The van der Waals surface area contributed by atoms with E-state index in [0.717, 1.165) is 19.3 Å². The summed E-state index contributed by atoms with van der Waals surface area (Å²) in [5.41, 5.74) is 2.50. The van der Waals surface area contributed by atoms with Gasteiger partial charge in [-0.25, -0.2) is 8.42 Å². The number of hydrogen-bond donors (Lipinski definition) is 0. The highest BCUT2D eigenvalue weighted by Crippen LogP contribution is 2.28. The van der Waals surface area contributed by atoms with E-state index in [4.69, 9.17) is 4.74 Å². The molecule has 35 heavy (non-hydrogen) atoms. The van der Waals surface area contributed by atoms with Gasteiger partial charge in [0.15, 0.2) is 0 Å². The van der Waals surface area contributed by atoms with Gasteiger partial charge >= 0.3 is 0 Å². The molecule has 0 bridgehead atoms. The molecule has 0 radical (unpaired) electrons. The quantitative estimate of drug-likeness (QED) is 0.458. The second-order valence-electron chi connectivity index (χ2n) is 8.99. The average Bonchev–Trinajstić information content (AvgIpc) is 2.88. The number of carbonyl (C=O) groups excluding carboxylic acids is 1. The van der Waals surface area contributed by atoms with E-state index in [-0.39, 0.29) is 17.3 Å². The number of hydrogen-bond acceptors (Lipinski definition) is 4. The van der Waals surface area contributed by atoms with Crippen LogP contribution in [0.5, 0.6) is 5.75 Å². The predicted molar refractivity (Wildman–Crippen MR) is 138 cm³/mol. The minimum absolute atomic E-state index is 0.133. The number of likely N-dealkylation sites (tertiary alicyclic amines) is 1. The van der Waals surface area contributed by atoms with Crippen LogP contribution in [0.1, 0.15) is 24.0 Å². The smallest absolute Gasteiger partial charge is 0.264 e. The Labute approximate surface area is 208 Å². The molecular weight excluding hydrogens is 460 g/mol. The molecule has 0 atom stereocenters. The molecule has 3 aromatic rings. The van der Waals surface area contributed by atoms with E-state index in [1.165, 1.54) is 15.9 Å². The SMILES string of the molecule is COc1ccc(S(=O)(=O)N(CC(=O)N2CCC(Cc3ccccc3)CC2)c2ccccc2)cc1C. The van der Waals surface area contributed by atoms with Crippen LogP contribution in [0.25, 0.3) is 0 Å². The summed E-state index contributed by atoms with van der Waals surface area (Å²) in [5.74, 6) is 0.961. The third-order valence-electron chi connectivity index (χ3n) is 6.61. The number of amides is 1. The third kappa shape index (κ3) is 5.85. The summed E-state index contributed by atoms with van der Waals surface area (Å²) in [5, 5.41) is 0. The Morgan fingerprint density at radius 2 is 1.60 bits per heavy atom. The number of aryl methyl sites for hydroxylation is 1. The van der Waals surface area contributed by atoms with Crippen LogP contribution in [0.3, 0.4) is 0 Å². The molecule has 1 amide bonds. The first-order valence-electron chi connectivity index (χ1n) is 11.9. The van der Waals surface area contributed by atoms with Crippen molar-refractivity contribution in [2.75, 3.05) is 31.0 Å². The second kappa shape index (κ2) is 11.0. The van der Waals surface area contributed by atoms with Crippen molar-refractivity contribution >= 4 is 21.6 Å². The number of benzene rings is 3. The summed E-state index contributed by atoms with van der Waals surface area (Å²) in [4.78, 5) is 15.2. The van der Waals surface area contributed by atoms with Crippen LogP contribution in [0, 0.1) is 12.8 Å². The molecule has 0 aliphatic carbocycles. The molecule has 1 heterocycles. The molecule has 1 aliphatic rings. The van der Waals surface area contributed by atoms with E-state index in [9.17, 15) is 13.2 Å². The van der Waals surface area contributed by atoms with Crippen LogP contribution in [0.4, 0.5) is 5.69 Å².